The fraction of sp³-hybridized carbons (Fsp3) is 0.444. The van der Waals surface area contributed by atoms with E-state index in [9.17, 15) is 4.79 Å². The van der Waals surface area contributed by atoms with Gasteiger partial charge in [-0.2, -0.15) is 0 Å². The molecule has 5 nitrogen and oxygen atoms in total. The van der Waals surface area contributed by atoms with E-state index < -0.39 is 12.3 Å². The highest BCUT2D eigenvalue weighted by molar-refractivity contribution is 6.30. The first-order valence-electron chi connectivity index (χ1n) is 7.76. The lowest BCUT2D eigenvalue weighted by atomic mass is 9.87. The summed E-state index contributed by atoms with van der Waals surface area (Å²) in [5, 5.41) is 0.645. The van der Waals surface area contributed by atoms with Gasteiger partial charge in [-0.25, -0.2) is 4.98 Å². The Labute approximate surface area is 147 Å². The van der Waals surface area contributed by atoms with Gasteiger partial charge in [0.25, 0.3) is 0 Å². The van der Waals surface area contributed by atoms with E-state index in [1.807, 2.05) is 39.8 Å². The smallest absolute Gasteiger partial charge is 0.303 e. The molecule has 1 heterocycles. The number of hydrogen-bond donors (Lipinski definition) is 0. The molecule has 0 amide bonds. The highest BCUT2D eigenvalue weighted by Gasteiger charge is 2.38. The minimum atomic E-state index is -0.545. The number of nitrogens with zero attached hydrogens (tertiary/aromatic N) is 2. The fourth-order valence-electron chi connectivity index (χ4n) is 2.42. The third kappa shape index (κ3) is 4.51. The van der Waals surface area contributed by atoms with Gasteiger partial charge >= 0.3 is 5.97 Å². The van der Waals surface area contributed by atoms with Crippen molar-refractivity contribution in [3.63, 3.8) is 0 Å². The van der Waals surface area contributed by atoms with Gasteiger partial charge in [0.1, 0.15) is 5.75 Å². The second-order valence-electron chi connectivity index (χ2n) is 6.82. The van der Waals surface area contributed by atoms with Crippen LogP contribution in [0, 0.1) is 12.3 Å². The number of aryl methyl sites for hydroxylation is 1. The Morgan fingerprint density at radius 1 is 1.33 bits per heavy atom. The number of carbonyl (C=O) groups is 1. The number of ether oxygens (including phenoxy) is 2. The molecule has 6 heteroatoms. The molecule has 1 aromatic heterocycles. The molecular weight excluding hydrogens is 328 g/mol. The second kappa shape index (κ2) is 7.26. The first kappa shape index (κ1) is 18.3. The summed E-state index contributed by atoms with van der Waals surface area (Å²) in [5.74, 6) is 0.330. The molecule has 0 bridgehead atoms. The van der Waals surface area contributed by atoms with Crippen molar-refractivity contribution in [3.8, 4) is 5.75 Å². The Balaban J connectivity index is 2.42. The number of halogens is 1. The fourth-order valence-corrected chi connectivity index (χ4v) is 2.64. The lowest BCUT2D eigenvalue weighted by Gasteiger charge is -2.36. The van der Waals surface area contributed by atoms with Gasteiger partial charge in [0.05, 0.1) is 6.33 Å². The summed E-state index contributed by atoms with van der Waals surface area (Å²) in [4.78, 5) is 15.7. The van der Waals surface area contributed by atoms with Crippen molar-refractivity contribution in [1.29, 1.82) is 0 Å². The van der Waals surface area contributed by atoms with Gasteiger partial charge in [-0.3, -0.25) is 9.36 Å². The topological polar surface area (TPSA) is 53.4 Å². The molecule has 0 saturated heterocycles. The predicted octanol–water partition coefficient (Wildman–Crippen LogP) is 4.40. The number of imidazole rings is 1. The van der Waals surface area contributed by atoms with Gasteiger partial charge in [0, 0.05) is 29.8 Å². The number of benzene rings is 1. The molecular formula is C18H23ClN2O3. The molecule has 2 rings (SSSR count). The molecule has 0 aliphatic rings. The molecule has 0 aliphatic heterocycles. The van der Waals surface area contributed by atoms with Crippen LogP contribution in [0.2, 0.25) is 5.02 Å². The summed E-state index contributed by atoms with van der Waals surface area (Å²) in [6.07, 6.45) is 4.06. The molecule has 0 spiro atoms. The summed E-state index contributed by atoms with van der Waals surface area (Å²) < 4.78 is 13.6. The lowest BCUT2D eigenvalue weighted by molar-refractivity contribution is -0.165. The number of rotatable bonds is 5. The number of carbonyl (C=O) groups excluding carboxylic acids is 1. The zero-order valence-electron chi connectivity index (χ0n) is 14.6. The van der Waals surface area contributed by atoms with Crippen molar-refractivity contribution < 1.29 is 14.3 Å². The average molecular weight is 351 g/mol. The molecule has 0 fully saturated rings. The number of aromatic nitrogens is 2. The van der Waals surface area contributed by atoms with Crippen molar-refractivity contribution in [2.75, 3.05) is 0 Å². The molecule has 0 aliphatic carbocycles. The van der Waals surface area contributed by atoms with Gasteiger partial charge in [-0.15, -0.1) is 0 Å². The zero-order chi connectivity index (χ0) is 17.9. The van der Waals surface area contributed by atoms with Crippen LogP contribution >= 0.6 is 11.6 Å². The van der Waals surface area contributed by atoms with E-state index in [0.29, 0.717) is 10.8 Å². The molecule has 2 unspecified atom stereocenters. The van der Waals surface area contributed by atoms with E-state index in [1.54, 1.807) is 29.4 Å². The minimum Gasteiger partial charge on any atom is -0.466 e. The maximum atomic E-state index is 11.6. The molecule has 0 saturated carbocycles. The Morgan fingerprint density at radius 2 is 2.04 bits per heavy atom. The largest absolute Gasteiger partial charge is 0.466 e. The summed E-state index contributed by atoms with van der Waals surface area (Å²) in [5.41, 5.74) is 0.573. The molecule has 0 N–H and O–H groups in total. The van der Waals surface area contributed by atoms with Gasteiger partial charge in [-0.1, -0.05) is 32.4 Å². The van der Waals surface area contributed by atoms with Crippen LogP contribution in [0.1, 0.15) is 39.5 Å². The number of esters is 1. The van der Waals surface area contributed by atoms with E-state index in [2.05, 4.69) is 4.98 Å². The van der Waals surface area contributed by atoms with Gasteiger partial charge < -0.3 is 9.47 Å². The monoisotopic (exact) mass is 350 g/mol. The van der Waals surface area contributed by atoms with Gasteiger partial charge in [-0.05, 0) is 30.7 Å². The number of hydrogen-bond acceptors (Lipinski definition) is 4. The molecule has 24 heavy (non-hydrogen) atoms. The maximum absolute atomic E-state index is 11.6. The lowest BCUT2D eigenvalue weighted by Crippen LogP contribution is -2.41. The van der Waals surface area contributed by atoms with Crippen LogP contribution in [0.3, 0.4) is 0 Å². The Morgan fingerprint density at radius 3 is 2.54 bits per heavy atom. The summed E-state index contributed by atoms with van der Waals surface area (Å²) in [6, 6.07) is 5.42. The van der Waals surface area contributed by atoms with Crippen LogP contribution in [-0.4, -0.2) is 21.6 Å². The highest BCUT2D eigenvalue weighted by atomic mass is 35.5. The molecule has 2 atom stereocenters. The van der Waals surface area contributed by atoms with Crippen LogP contribution in [0.5, 0.6) is 5.75 Å². The van der Waals surface area contributed by atoms with Crippen molar-refractivity contribution >= 4 is 17.6 Å². The normalized spacial score (nSPS) is 14.1. The molecule has 1 aromatic carbocycles. The highest BCUT2D eigenvalue weighted by Crippen LogP contribution is 2.34. The van der Waals surface area contributed by atoms with Crippen molar-refractivity contribution in [2.45, 2.75) is 47.0 Å². The third-order valence-corrected chi connectivity index (χ3v) is 3.84. The van der Waals surface area contributed by atoms with E-state index >= 15 is 0 Å². The molecule has 130 valence electrons. The van der Waals surface area contributed by atoms with Crippen LogP contribution in [0.15, 0.2) is 36.9 Å². The zero-order valence-corrected chi connectivity index (χ0v) is 15.4. The second-order valence-corrected chi connectivity index (χ2v) is 7.26. The Bertz CT molecular complexity index is 693. The standard InChI is InChI=1S/C18H23ClN2O3/c1-12-10-14(19)6-7-15(12)24-17(21-9-8-20-11-21)16(18(3,4)5)23-13(2)22/h6-11,16-17H,1-5H3. The van der Waals surface area contributed by atoms with Crippen LogP contribution in [0.25, 0.3) is 0 Å². The third-order valence-electron chi connectivity index (χ3n) is 3.61. The van der Waals surface area contributed by atoms with E-state index in [1.165, 1.54) is 6.92 Å². The van der Waals surface area contributed by atoms with Crippen LogP contribution < -0.4 is 4.74 Å². The summed E-state index contributed by atoms with van der Waals surface area (Å²) in [6.45, 7) is 9.33. The summed E-state index contributed by atoms with van der Waals surface area (Å²) in [7, 11) is 0. The van der Waals surface area contributed by atoms with Crippen molar-refractivity contribution in [1.82, 2.24) is 9.55 Å². The van der Waals surface area contributed by atoms with Gasteiger partial charge in [0.15, 0.2) is 6.10 Å². The first-order chi connectivity index (χ1) is 11.2. The van der Waals surface area contributed by atoms with Crippen molar-refractivity contribution in [2.24, 2.45) is 5.41 Å². The SMILES string of the molecule is CC(=O)OC(C(Oc1ccc(Cl)cc1C)n1ccnc1)C(C)(C)C. The van der Waals surface area contributed by atoms with Crippen LogP contribution in [0.4, 0.5) is 0 Å². The Hall–Kier alpha value is -2.01. The molecule has 2 aromatic rings. The average Bonchev–Trinajstić information content (AvgIpc) is 2.97. The van der Waals surface area contributed by atoms with E-state index in [-0.39, 0.29) is 11.4 Å². The van der Waals surface area contributed by atoms with Crippen LogP contribution in [-0.2, 0) is 9.53 Å². The molecule has 0 radical (unpaired) electrons. The van der Waals surface area contributed by atoms with E-state index in [0.717, 1.165) is 5.56 Å². The van der Waals surface area contributed by atoms with Crippen molar-refractivity contribution in [3.05, 3.63) is 47.5 Å². The minimum absolute atomic E-state index is 0.332. The maximum Gasteiger partial charge on any atom is 0.303 e. The van der Waals surface area contributed by atoms with E-state index in [4.69, 9.17) is 21.1 Å². The first-order valence-corrected chi connectivity index (χ1v) is 8.14. The quantitative estimate of drug-likeness (QED) is 0.750. The summed E-state index contributed by atoms with van der Waals surface area (Å²) >= 11 is 6.02. The van der Waals surface area contributed by atoms with Gasteiger partial charge in [0.2, 0.25) is 6.23 Å². The predicted molar refractivity (Wildman–Crippen MR) is 93.1 cm³/mol. The Kier molecular flexibility index (Phi) is 5.54.